The monoisotopic (exact) mass is 393 g/mol. The van der Waals surface area contributed by atoms with Crippen LogP contribution in [-0.2, 0) is 0 Å². The van der Waals surface area contributed by atoms with Crippen molar-refractivity contribution in [1.29, 1.82) is 0 Å². The lowest BCUT2D eigenvalue weighted by Crippen LogP contribution is -2.24. The van der Waals surface area contributed by atoms with E-state index in [1.54, 1.807) is 12.3 Å². The summed E-state index contributed by atoms with van der Waals surface area (Å²) in [5.41, 5.74) is 0.203. The van der Waals surface area contributed by atoms with Crippen LogP contribution in [0.25, 0.3) is 11.4 Å². The van der Waals surface area contributed by atoms with Crippen LogP contribution >= 0.6 is 0 Å². The fraction of sp³-hybridized carbons (Fsp3) is 0. The number of nitrogens with one attached hydrogen (secondary N) is 1. The molecule has 144 valence electrons. The van der Waals surface area contributed by atoms with E-state index in [0.29, 0.717) is 5.69 Å². The fourth-order valence-corrected chi connectivity index (χ4v) is 2.68. The van der Waals surface area contributed by atoms with Gasteiger partial charge in [-0.05, 0) is 54.6 Å². The number of carbonyl (C=O) groups is 1. The summed E-state index contributed by atoms with van der Waals surface area (Å²) >= 11 is 0. The maximum Gasteiger partial charge on any atom is 0.276 e. The van der Waals surface area contributed by atoms with E-state index in [4.69, 9.17) is 0 Å². The first-order valence-corrected chi connectivity index (χ1v) is 8.48. The average molecular weight is 393 g/mol. The Bertz CT molecular complexity index is 1230. The molecule has 2 heterocycles. The van der Waals surface area contributed by atoms with Crippen LogP contribution in [0.15, 0.2) is 77.9 Å². The van der Waals surface area contributed by atoms with Crippen molar-refractivity contribution in [3.05, 3.63) is 101 Å². The van der Waals surface area contributed by atoms with E-state index < -0.39 is 23.1 Å². The molecule has 4 aromatic rings. The van der Waals surface area contributed by atoms with Crippen molar-refractivity contribution in [3.8, 4) is 11.4 Å². The van der Waals surface area contributed by atoms with E-state index in [1.807, 2.05) is 0 Å². The molecular formula is C20H13F2N5O2. The van der Waals surface area contributed by atoms with Crippen LogP contribution in [-0.4, -0.2) is 25.5 Å². The molecule has 9 heteroatoms. The normalized spacial score (nSPS) is 10.7. The molecule has 7 nitrogen and oxygen atoms in total. The van der Waals surface area contributed by atoms with Gasteiger partial charge < -0.3 is 5.32 Å². The zero-order chi connectivity index (χ0) is 20.4. The third kappa shape index (κ3) is 3.79. The van der Waals surface area contributed by atoms with Gasteiger partial charge in [-0.15, -0.1) is 0 Å². The first kappa shape index (κ1) is 18.2. The molecule has 0 radical (unpaired) electrons. The summed E-state index contributed by atoms with van der Waals surface area (Å²) in [4.78, 5) is 24.5. The van der Waals surface area contributed by atoms with E-state index >= 15 is 0 Å². The predicted molar refractivity (Wildman–Crippen MR) is 101 cm³/mol. The molecule has 1 amide bonds. The molecule has 0 fully saturated rings. The second-order valence-corrected chi connectivity index (χ2v) is 6.02. The Balaban J connectivity index is 1.59. The summed E-state index contributed by atoms with van der Waals surface area (Å²) in [6.07, 6.45) is 3.12. The molecule has 1 N–H and O–H groups in total. The van der Waals surface area contributed by atoms with Crippen LogP contribution in [0, 0.1) is 11.6 Å². The number of rotatable bonds is 4. The Labute approximate surface area is 162 Å². The topological polar surface area (TPSA) is 81.8 Å². The summed E-state index contributed by atoms with van der Waals surface area (Å²) in [6, 6.07) is 13.4. The Morgan fingerprint density at radius 2 is 1.79 bits per heavy atom. The molecule has 2 aromatic carbocycles. The molecule has 0 atom stereocenters. The van der Waals surface area contributed by atoms with Crippen molar-refractivity contribution in [2.45, 2.75) is 0 Å². The summed E-state index contributed by atoms with van der Waals surface area (Å²) in [7, 11) is 0. The minimum atomic E-state index is -0.632. The highest BCUT2D eigenvalue weighted by Gasteiger charge is 2.13. The highest BCUT2D eigenvalue weighted by molar-refractivity contribution is 6.02. The van der Waals surface area contributed by atoms with Gasteiger partial charge >= 0.3 is 0 Å². The van der Waals surface area contributed by atoms with Crippen molar-refractivity contribution in [2.75, 3.05) is 5.32 Å². The first-order chi connectivity index (χ1) is 14.0. The van der Waals surface area contributed by atoms with Gasteiger partial charge in [0, 0.05) is 24.1 Å². The highest BCUT2D eigenvalue weighted by atomic mass is 19.1. The molecule has 0 saturated heterocycles. The van der Waals surface area contributed by atoms with Crippen molar-refractivity contribution in [2.24, 2.45) is 0 Å². The number of hydrogen-bond donors (Lipinski definition) is 1. The minimum absolute atomic E-state index is 0.0644. The van der Waals surface area contributed by atoms with E-state index in [-0.39, 0.29) is 17.1 Å². The molecule has 0 unspecified atom stereocenters. The Morgan fingerprint density at radius 3 is 2.48 bits per heavy atom. The molecule has 2 aromatic heterocycles. The van der Waals surface area contributed by atoms with Gasteiger partial charge in [0.2, 0.25) is 0 Å². The van der Waals surface area contributed by atoms with Crippen molar-refractivity contribution >= 4 is 11.6 Å². The zero-order valence-corrected chi connectivity index (χ0v) is 14.8. The smallest absolute Gasteiger partial charge is 0.276 e. The van der Waals surface area contributed by atoms with Gasteiger partial charge in [0.1, 0.15) is 17.2 Å². The lowest BCUT2D eigenvalue weighted by Gasteiger charge is -2.09. The summed E-state index contributed by atoms with van der Waals surface area (Å²) < 4.78 is 29.8. The quantitative estimate of drug-likeness (QED) is 0.578. The largest absolute Gasteiger partial charge is 0.320 e. The highest BCUT2D eigenvalue weighted by Crippen LogP contribution is 2.18. The van der Waals surface area contributed by atoms with Crippen LogP contribution < -0.4 is 10.9 Å². The zero-order valence-electron chi connectivity index (χ0n) is 14.8. The van der Waals surface area contributed by atoms with E-state index in [1.165, 1.54) is 59.4 Å². The maximum absolute atomic E-state index is 14.3. The van der Waals surface area contributed by atoms with Gasteiger partial charge in [-0.3, -0.25) is 9.59 Å². The van der Waals surface area contributed by atoms with Crippen LogP contribution in [0.2, 0.25) is 0 Å². The van der Waals surface area contributed by atoms with E-state index in [0.717, 1.165) is 10.7 Å². The molecule has 0 aliphatic heterocycles. The number of halogens is 2. The Kier molecular flexibility index (Phi) is 4.70. The SMILES string of the molecule is O=C(Nc1ccc(-n2cccn2)c(F)c1)c1ccc(=O)n(-c2ccc(F)cc2)n1. The number of hydrogen-bond acceptors (Lipinski definition) is 4. The minimum Gasteiger partial charge on any atom is -0.320 e. The van der Waals surface area contributed by atoms with Gasteiger partial charge in [-0.1, -0.05) is 0 Å². The van der Waals surface area contributed by atoms with Crippen LogP contribution in [0.5, 0.6) is 0 Å². The van der Waals surface area contributed by atoms with Crippen molar-refractivity contribution < 1.29 is 13.6 Å². The maximum atomic E-state index is 14.3. The van der Waals surface area contributed by atoms with Gasteiger partial charge in [-0.25, -0.2) is 13.5 Å². The van der Waals surface area contributed by atoms with E-state index in [9.17, 15) is 18.4 Å². The Hall–Kier alpha value is -4.14. The van der Waals surface area contributed by atoms with Crippen molar-refractivity contribution in [1.82, 2.24) is 19.6 Å². The summed E-state index contributed by atoms with van der Waals surface area (Å²) in [5, 5.41) is 10.5. The number of amides is 1. The van der Waals surface area contributed by atoms with Gasteiger partial charge in [0.05, 0.1) is 5.69 Å². The fourth-order valence-electron chi connectivity index (χ4n) is 2.68. The predicted octanol–water partition coefficient (Wildman–Crippen LogP) is 2.95. The number of aromatic nitrogens is 4. The number of benzene rings is 2. The molecule has 0 aliphatic carbocycles. The number of anilines is 1. The number of carbonyl (C=O) groups excluding carboxylic acids is 1. The lowest BCUT2D eigenvalue weighted by atomic mass is 10.2. The average Bonchev–Trinajstić information content (AvgIpc) is 3.24. The van der Waals surface area contributed by atoms with Gasteiger partial charge in [0.25, 0.3) is 11.5 Å². The molecular weight excluding hydrogens is 380 g/mol. The molecule has 29 heavy (non-hydrogen) atoms. The molecule has 4 rings (SSSR count). The van der Waals surface area contributed by atoms with Crippen LogP contribution in [0.1, 0.15) is 10.5 Å². The van der Waals surface area contributed by atoms with Crippen molar-refractivity contribution in [3.63, 3.8) is 0 Å². The van der Waals surface area contributed by atoms with Crippen LogP contribution in [0.3, 0.4) is 0 Å². The Morgan fingerprint density at radius 1 is 1.00 bits per heavy atom. The molecule has 0 bridgehead atoms. The standard InChI is InChI=1S/C20H13F2N5O2/c21-13-2-5-15(6-3-13)27-19(28)9-7-17(25-27)20(29)24-14-4-8-18(16(22)12-14)26-11-1-10-23-26/h1-12H,(H,24,29). The second kappa shape index (κ2) is 7.47. The first-order valence-electron chi connectivity index (χ1n) is 8.48. The number of nitrogens with zero attached hydrogens (tertiary/aromatic N) is 4. The van der Waals surface area contributed by atoms with Gasteiger partial charge in [-0.2, -0.15) is 14.9 Å². The summed E-state index contributed by atoms with van der Waals surface area (Å²) in [6.45, 7) is 0. The molecule has 0 aliphatic rings. The van der Waals surface area contributed by atoms with Gasteiger partial charge in [0.15, 0.2) is 5.82 Å². The second-order valence-electron chi connectivity index (χ2n) is 6.02. The van der Waals surface area contributed by atoms with Crippen LogP contribution in [0.4, 0.5) is 14.5 Å². The molecule has 0 saturated carbocycles. The third-order valence-corrected chi connectivity index (χ3v) is 4.06. The van der Waals surface area contributed by atoms with E-state index in [2.05, 4.69) is 15.5 Å². The lowest BCUT2D eigenvalue weighted by molar-refractivity contribution is 0.102. The molecule has 0 spiro atoms. The summed E-state index contributed by atoms with van der Waals surface area (Å²) in [5.74, 6) is -1.67. The third-order valence-electron chi connectivity index (χ3n) is 4.06.